The second kappa shape index (κ2) is 5.69. The number of fused-ring (bicyclic) bond motifs is 3. The number of nitrogens with zero attached hydrogens (tertiary/aromatic N) is 3. The summed E-state index contributed by atoms with van der Waals surface area (Å²) in [5, 5.41) is 2.21. The van der Waals surface area contributed by atoms with Crippen molar-refractivity contribution in [3.8, 4) is 0 Å². The fourth-order valence-corrected chi connectivity index (χ4v) is 3.57. The molecule has 2 heterocycles. The summed E-state index contributed by atoms with van der Waals surface area (Å²) >= 11 is 12.2. The van der Waals surface area contributed by atoms with E-state index in [1.807, 2.05) is 24.1 Å². The van der Waals surface area contributed by atoms with E-state index in [0.717, 1.165) is 35.4 Å². The van der Waals surface area contributed by atoms with Crippen LogP contribution in [-0.2, 0) is 12.8 Å². The van der Waals surface area contributed by atoms with E-state index in [1.54, 1.807) is 12.4 Å². The molecule has 1 N–H and O–H groups in total. The molecule has 1 aliphatic rings. The Labute approximate surface area is 144 Å². The van der Waals surface area contributed by atoms with Crippen LogP contribution in [0.3, 0.4) is 0 Å². The van der Waals surface area contributed by atoms with Gasteiger partial charge in [-0.05, 0) is 49.4 Å². The minimum Gasteiger partial charge on any atom is -0.343 e. The molecule has 23 heavy (non-hydrogen) atoms. The van der Waals surface area contributed by atoms with E-state index in [-0.39, 0.29) is 0 Å². The molecule has 0 spiro atoms. The number of halogens is 2. The van der Waals surface area contributed by atoms with E-state index in [2.05, 4.69) is 15.0 Å². The third-order valence-corrected chi connectivity index (χ3v) is 5.21. The summed E-state index contributed by atoms with van der Waals surface area (Å²) in [5.41, 5.74) is 4.52. The number of aryl methyl sites for hydroxylation is 2. The van der Waals surface area contributed by atoms with Gasteiger partial charge in [0.2, 0.25) is 0 Å². The van der Waals surface area contributed by atoms with Crippen LogP contribution >= 0.6 is 23.2 Å². The van der Waals surface area contributed by atoms with Gasteiger partial charge < -0.3 is 9.88 Å². The first kappa shape index (κ1) is 14.8. The Morgan fingerprint density at radius 1 is 1.09 bits per heavy atom. The summed E-state index contributed by atoms with van der Waals surface area (Å²) in [6.07, 6.45) is 6.20. The van der Waals surface area contributed by atoms with Crippen LogP contribution in [0, 0.1) is 0 Å². The van der Waals surface area contributed by atoms with Gasteiger partial charge in [-0.3, -0.25) is 0 Å². The van der Waals surface area contributed by atoms with E-state index in [0.29, 0.717) is 10.0 Å². The standard InChI is InChI=1S/C17H16Cl2N4/c1-23(10-6-7-12(18)13(19)8-10)17-15-11-4-2-3-5-14(11)22-16(15)20-9-21-17/h6-9H,2-5H2,1H3,(H,20,21,22). The minimum atomic E-state index is 0.539. The topological polar surface area (TPSA) is 44.8 Å². The summed E-state index contributed by atoms with van der Waals surface area (Å²) in [6.45, 7) is 0. The maximum absolute atomic E-state index is 6.16. The van der Waals surface area contributed by atoms with Gasteiger partial charge in [0.1, 0.15) is 17.8 Å². The summed E-state index contributed by atoms with van der Waals surface area (Å²) < 4.78 is 0. The predicted molar refractivity (Wildman–Crippen MR) is 95.1 cm³/mol. The van der Waals surface area contributed by atoms with Crippen LogP contribution < -0.4 is 4.90 Å². The Balaban J connectivity index is 1.87. The molecule has 3 aromatic rings. The molecule has 0 saturated heterocycles. The number of aromatic amines is 1. The van der Waals surface area contributed by atoms with E-state index < -0.39 is 0 Å². The van der Waals surface area contributed by atoms with Gasteiger partial charge in [0.25, 0.3) is 0 Å². The smallest absolute Gasteiger partial charge is 0.145 e. The molecule has 0 atom stereocenters. The average Bonchev–Trinajstić information content (AvgIpc) is 2.95. The zero-order valence-corrected chi connectivity index (χ0v) is 14.2. The third kappa shape index (κ3) is 2.46. The number of hydrogen-bond donors (Lipinski definition) is 1. The lowest BCUT2D eigenvalue weighted by atomic mass is 9.96. The van der Waals surface area contributed by atoms with E-state index in [4.69, 9.17) is 23.2 Å². The number of hydrogen-bond acceptors (Lipinski definition) is 3. The van der Waals surface area contributed by atoms with Crippen molar-refractivity contribution in [2.45, 2.75) is 25.7 Å². The molecular formula is C17H16Cl2N4. The Kier molecular flexibility index (Phi) is 3.66. The molecule has 118 valence electrons. The highest BCUT2D eigenvalue weighted by Crippen LogP contribution is 2.36. The highest BCUT2D eigenvalue weighted by molar-refractivity contribution is 6.42. The second-order valence-corrected chi connectivity index (χ2v) is 6.68. The molecular weight excluding hydrogens is 331 g/mol. The van der Waals surface area contributed by atoms with Gasteiger partial charge in [-0.25, -0.2) is 9.97 Å². The zero-order valence-electron chi connectivity index (χ0n) is 12.7. The molecule has 0 aliphatic heterocycles. The lowest BCUT2D eigenvalue weighted by Crippen LogP contribution is -2.12. The van der Waals surface area contributed by atoms with Crippen molar-refractivity contribution in [2.75, 3.05) is 11.9 Å². The van der Waals surface area contributed by atoms with Crippen LogP contribution in [0.15, 0.2) is 24.5 Å². The van der Waals surface area contributed by atoms with Crippen molar-refractivity contribution in [1.29, 1.82) is 0 Å². The van der Waals surface area contributed by atoms with Crippen molar-refractivity contribution >= 4 is 45.7 Å². The lowest BCUT2D eigenvalue weighted by molar-refractivity contribution is 0.680. The molecule has 0 fully saturated rings. The van der Waals surface area contributed by atoms with E-state index in [9.17, 15) is 0 Å². The fourth-order valence-electron chi connectivity index (χ4n) is 3.28. The van der Waals surface area contributed by atoms with Gasteiger partial charge in [0, 0.05) is 18.4 Å². The van der Waals surface area contributed by atoms with Crippen LogP contribution in [0.2, 0.25) is 10.0 Å². The van der Waals surface area contributed by atoms with Gasteiger partial charge in [0.15, 0.2) is 0 Å². The summed E-state index contributed by atoms with van der Waals surface area (Å²) in [5.74, 6) is 0.896. The molecule has 0 bridgehead atoms. The Morgan fingerprint density at radius 2 is 1.91 bits per heavy atom. The highest BCUT2D eigenvalue weighted by Gasteiger charge is 2.21. The quantitative estimate of drug-likeness (QED) is 0.716. The number of nitrogens with one attached hydrogen (secondary N) is 1. The molecule has 2 aromatic heterocycles. The summed E-state index contributed by atoms with van der Waals surface area (Å²) in [7, 11) is 1.99. The fraction of sp³-hybridized carbons (Fsp3) is 0.294. The number of aromatic nitrogens is 3. The van der Waals surface area contributed by atoms with Crippen LogP contribution in [0.5, 0.6) is 0 Å². The Bertz CT molecular complexity index is 888. The number of anilines is 2. The lowest BCUT2D eigenvalue weighted by Gasteiger charge is -2.20. The van der Waals surface area contributed by atoms with Crippen LogP contribution in [-0.4, -0.2) is 22.0 Å². The third-order valence-electron chi connectivity index (χ3n) is 4.47. The number of benzene rings is 1. The molecule has 0 radical (unpaired) electrons. The Morgan fingerprint density at radius 3 is 2.74 bits per heavy atom. The molecule has 0 saturated carbocycles. The van der Waals surface area contributed by atoms with Gasteiger partial charge in [-0.15, -0.1) is 0 Å². The maximum atomic E-state index is 6.16. The average molecular weight is 347 g/mol. The molecule has 0 unspecified atom stereocenters. The summed E-state index contributed by atoms with van der Waals surface area (Å²) in [6, 6.07) is 5.61. The van der Waals surface area contributed by atoms with Crippen LogP contribution in [0.1, 0.15) is 24.1 Å². The molecule has 4 nitrogen and oxygen atoms in total. The van der Waals surface area contributed by atoms with Gasteiger partial charge >= 0.3 is 0 Å². The predicted octanol–water partition coefficient (Wildman–Crippen LogP) is 4.91. The molecule has 6 heteroatoms. The van der Waals surface area contributed by atoms with E-state index in [1.165, 1.54) is 24.1 Å². The normalized spacial score (nSPS) is 14.0. The first-order valence-electron chi connectivity index (χ1n) is 7.68. The van der Waals surface area contributed by atoms with Crippen molar-refractivity contribution in [1.82, 2.24) is 15.0 Å². The van der Waals surface area contributed by atoms with Crippen LogP contribution in [0.25, 0.3) is 11.0 Å². The SMILES string of the molecule is CN(c1ccc(Cl)c(Cl)c1)c1ncnc2[nH]c3c(c12)CCCC3. The zero-order chi connectivity index (χ0) is 16.0. The highest BCUT2D eigenvalue weighted by atomic mass is 35.5. The number of H-pyrrole nitrogens is 1. The van der Waals surface area contributed by atoms with Gasteiger partial charge in [-0.2, -0.15) is 0 Å². The monoisotopic (exact) mass is 346 g/mol. The first-order chi connectivity index (χ1) is 11.1. The van der Waals surface area contributed by atoms with Crippen molar-refractivity contribution in [2.24, 2.45) is 0 Å². The van der Waals surface area contributed by atoms with Gasteiger partial charge in [-0.1, -0.05) is 23.2 Å². The maximum Gasteiger partial charge on any atom is 0.145 e. The first-order valence-corrected chi connectivity index (χ1v) is 8.44. The minimum absolute atomic E-state index is 0.539. The molecule has 1 aliphatic carbocycles. The summed E-state index contributed by atoms with van der Waals surface area (Å²) in [4.78, 5) is 14.4. The number of rotatable bonds is 2. The van der Waals surface area contributed by atoms with Crippen LogP contribution in [0.4, 0.5) is 11.5 Å². The van der Waals surface area contributed by atoms with Crippen molar-refractivity contribution < 1.29 is 0 Å². The van der Waals surface area contributed by atoms with E-state index >= 15 is 0 Å². The van der Waals surface area contributed by atoms with Crippen molar-refractivity contribution in [3.63, 3.8) is 0 Å². The molecule has 0 amide bonds. The molecule has 1 aromatic carbocycles. The largest absolute Gasteiger partial charge is 0.343 e. The van der Waals surface area contributed by atoms with Crippen molar-refractivity contribution in [3.05, 3.63) is 45.8 Å². The second-order valence-electron chi connectivity index (χ2n) is 5.87. The molecule has 4 rings (SSSR count). The van der Waals surface area contributed by atoms with Gasteiger partial charge in [0.05, 0.1) is 15.4 Å². The Hall–Kier alpha value is -1.78.